The topological polar surface area (TPSA) is 100 Å². The zero-order valence-electron chi connectivity index (χ0n) is 15.2. The zero-order valence-corrected chi connectivity index (χ0v) is 15.2. The summed E-state index contributed by atoms with van der Waals surface area (Å²) in [6.45, 7) is 7.09. The van der Waals surface area contributed by atoms with Gasteiger partial charge in [-0.1, -0.05) is 12.8 Å². The molecule has 0 atom stereocenters. The van der Waals surface area contributed by atoms with Crippen LogP contribution in [0.4, 0.5) is 0 Å². The van der Waals surface area contributed by atoms with E-state index in [4.69, 9.17) is 20.0 Å². The van der Waals surface area contributed by atoms with Crippen molar-refractivity contribution in [3.8, 4) is 12.1 Å². The number of unbranched alkanes of at least 4 members (excludes halogenated alkanes) is 3. The lowest BCUT2D eigenvalue weighted by Crippen LogP contribution is -2.20. The predicted molar refractivity (Wildman–Crippen MR) is 88.4 cm³/mol. The Morgan fingerprint density at radius 1 is 0.750 bits per heavy atom. The normalized spacial score (nSPS) is 11.2. The molecule has 0 unspecified atom stereocenters. The second kappa shape index (κ2) is 10.6. The number of hydrogen-bond acceptors (Lipinski definition) is 6. The average Bonchev–Trinajstić information content (AvgIpc) is 2.54. The van der Waals surface area contributed by atoms with E-state index in [0.717, 1.165) is 12.8 Å². The van der Waals surface area contributed by atoms with Crippen molar-refractivity contribution in [2.45, 2.75) is 66.2 Å². The number of nitriles is 2. The van der Waals surface area contributed by atoms with Crippen LogP contribution in [0.15, 0.2) is 0 Å². The maximum absolute atomic E-state index is 11.5. The molecule has 0 aromatic carbocycles. The molecule has 0 radical (unpaired) electrons. The Kier molecular flexibility index (Phi) is 9.73. The molecule has 6 nitrogen and oxygen atoms in total. The zero-order chi connectivity index (χ0) is 18.6. The molecule has 0 amide bonds. The second-order valence-electron chi connectivity index (χ2n) is 7.23. The van der Waals surface area contributed by atoms with Crippen LogP contribution in [-0.2, 0) is 19.1 Å². The van der Waals surface area contributed by atoms with Crippen LogP contribution in [0.25, 0.3) is 0 Å². The lowest BCUT2D eigenvalue weighted by molar-refractivity contribution is -0.147. The molecule has 0 aliphatic heterocycles. The van der Waals surface area contributed by atoms with E-state index in [1.54, 1.807) is 27.7 Å². The maximum atomic E-state index is 11.5. The van der Waals surface area contributed by atoms with Gasteiger partial charge in [0.2, 0.25) is 0 Å². The van der Waals surface area contributed by atoms with Gasteiger partial charge >= 0.3 is 11.9 Å². The minimum Gasteiger partial charge on any atom is -0.464 e. The van der Waals surface area contributed by atoms with E-state index in [1.165, 1.54) is 0 Å². The molecule has 0 saturated heterocycles. The summed E-state index contributed by atoms with van der Waals surface area (Å²) in [7, 11) is 0. The van der Waals surface area contributed by atoms with Crippen LogP contribution < -0.4 is 0 Å². The highest BCUT2D eigenvalue weighted by Crippen LogP contribution is 2.15. The third-order valence-electron chi connectivity index (χ3n) is 3.31. The standard InChI is InChI=1S/C18H28N2O4/c1-17(2,11-19)13-23-15(21)9-7-5-6-8-10-16(22)24-14-18(3,4)12-20/h5-10,13-14H2,1-4H3. The van der Waals surface area contributed by atoms with E-state index in [2.05, 4.69) is 12.1 Å². The van der Waals surface area contributed by atoms with Crippen LogP contribution >= 0.6 is 0 Å². The predicted octanol–water partition coefficient (Wildman–Crippen LogP) is 3.51. The van der Waals surface area contributed by atoms with Crippen LogP contribution in [-0.4, -0.2) is 25.2 Å². The molecule has 0 bridgehead atoms. The Labute approximate surface area is 144 Å². The first-order valence-corrected chi connectivity index (χ1v) is 8.26. The summed E-state index contributed by atoms with van der Waals surface area (Å²) < 4.78 is 10.1. The van der Waals surface area contributed by atoms with Crippen molar-refractivity contribution in [2.75, 3.05) is 13.2 Å². The van der Waals surface area contributed by atoms with Gasteiger partial charge in [-0.25, -0.2) is 0 Å². The monoisotopic (exact) mass is 336 g/mol. The number of carbonyl (C=O) groups is 2. The summed E-state index contributed by atoms with van der Waals surface area (Å²) in [6.07, 6.45) is 3.69. The minimum absolute atomic E-state index is 0.104. The summed E-state index contributed by atoms with van der Waals surface area (Å²) in [6, 6.07) is 4.15. The number of carbonyl (C=O) groups excluding carboxylic acids is 2. The van der Waals surface area contributed by atoms with Crippen LogP contribution in [0.5, 0.6) is 0 Å². The summed E-state index contributed by atoms with van der Waals surface area (Å²) in [5, 5.41) is 17.7. The van der Waals surface area contributed by atoms with Gasteiger partial charge < -0.3 is 9.47 Å². The lowest BCUT2D eigenvalue weighted by Gasteiger charge is -2.15. The molecular formula is C18H28N2O4. The highest BCUT2D eigenvalue weighted by Gasteiger charge is 2.20. The Morgan fingerprint density at radius 2 is 1.08 bits per heavy atom. The van der Waals surface area contributed by atoms with Crippen LogP contribution in [0.2, 0.25) is 0 Å². The van der Waals surface area contributed by atoms with Gasteiger partial charge in [0, 0.05) is 12.8 Å². The third-order valence-corrected chi connectivity index (χ3v) is 3.31. The lowest BCUT2D eigenvalue weighted by atomic mass is 9.98. The van der Waals surface area contributed by atoms with Gasteiger partial charge in [-0.2, -0.15) is 10.5 Å². The molecule has 24 heavy (non-hydrogen) atoms. The molecule has 0 fully saturated rings. The molecule has 134 valence electrons. The number of esters is 2. The van der Waals surface area contributed by atoms with Crippen molar-refractivity contribution in [3.05, 3.63) is 0 Å². The second-order valence-corrected chi connectivity index (χ2v) is 7.23. The highest BCUT2D eigenvalue weighted by molar-refractivity contribution is 5.69. The molecule has 0 aromatic rings. The molecule has 0 spiro atoms. The molecular weight excluding hydrogens is 308 g/mol. The average molecular weight is 336 g/mol. The number of rotatable bonds is 11. The van der Waals surface area contributed by atoms with Gasteiger partial charge in [-0.05, 0) is 40.5 Å². The fourth-order valence-electron chi connectivity index (χ4n) is 1.62. The van der Waals surface area contributed by atoms with Crippen molar-refractivity contribution in [1.29, 1.82) is 10.5 Å². The molecule has 0 N–H and O–H groups in total. The molecule has 0 aliphatic carbocycles. The van der Waals surface area contributed by atoms with Crippen LogP contribution in [0.1, 0.15) is 66.2 Å². The van der Waals surface area contributed by atoms with Crippen LogP contribution in [0, 0.1) is 33.5 Å². The van der Waals surface area contributed by atoms with Gasteiger partial charge in [-0.15, -0.1) is 0 Å². The van der Waals surface area contributed by atoms with E-state index in [0.29, 0.717) is 25.7 Å². The van der Waals surface area contributed by atoms with E-state index in [-0.39, 0.29) is 25.2 Å². The van der Waals surface area contributed by atoms with E-state index < -0.39 is 10.8 Å². The Balaban J connectivity index is 3.64. The molecule has 0 aliphatic rings. The highest BCUT2D eigenvalue weighted by atomic mass is 16.5. The first-order valence-electron chi connectivity index (χ1n) is 8.26. The molecule has 0 saturated carbocycles. The van der Waals surface area contributed by atoms with E-state index >= 15 is 0 Å². The SMILES string of the molecule is CC(C)(C#N)COC(=O)CCCCCCC(=O)OCC(C)(C)C#N. The van der Waals surface area contributed by atoms with Gasteiger partial charge in [0.25, 0.3) is 0 Å². The summed E-state index contributed by atoms with van der Waals surface area (Å²) in [5.74, 6) is -0.590. The quantitative estimate of drug-likeness (QED) is 0.423. The van der Waals surface area contributed by atoms with E-state index in [1.807, 2.05) is 0 Å². The third kappa shape index (κ3) is 11.5. The Hall–Kier alpha value is -2.08. The summed E-state index contributed by atoms with van der Waals surface area (Å²) in [4.78, 5) is 23.0. The Morgan fingerprint density at radius 3 is 1.38 bits per heavy atom. The molecule has 0 aromatic heterocycles. The molecule has 6 heteroatoms. The van der Waals surface area contributed by atoms with Gasteiger partial charge in [0.15, 0.2) is 0 Å². The van der Waals surface area contributed by atoms with Crippen molar-refractivity contribution >= 4 is 11.9 Å². The fourth-order valence-corrected chi connectivity index (χ4v) is 1.62. The molecule has 0 rings (SSSR count). The maximum Gasteiger partial charge on any atom is 0.305 e. The number of nitrogens with zero attached hydrogens (tertiary/aromatic N) is 2. The van der Waals surface area contributed by atoms with Gasteiger partial charge in [-0.3, -0.25) is 9.59 Å². The first kappa shape index (κ1) is 21.9. The molecule has 0 heterocycles. The number of hydrogen-bond donors (Lipinski definition) is 0. The first-order chi connectivity index (χ1) is 11.1. The summed E-state index contributed by atoms with van der Waals surface area (Å²) in [5.41, 5.74) is -1.31. The van der Waals surface area contributed by atoms with Gasteiger partial charge in [0.1, 0.15) is 13.2 Å². The van der Waals surface area contributed by atoms with Crippen molar-refractivity contribution in [2.24, 2.45) is 10.8 Å². The Bertz CT molecular complexity index is 452. The fraction of sp³-hybridized carbons (Fsp3) is 0.778. The van der Waals surface area contributed by atoms with E-state index in [9.17, 15) is 9.59 Å². The largest absolute Gasteiger partial charge is 0.464 e. The van der Waals surface area contributed by atoms with Crippen LogP contribution in [0.3, 0.4) is 0 Å². The number of ether oxygens (including phenoxy) is 2. The van der Waals surface area contributed by atoms with Crippen molar-refractivity contribution in [1.82, 2.24) is 0 Å². The minimum atomic E-state index is -0.657. The van der Waals surface area contributed by atoms with Gasteiger partial charge in [0.05, 0.1) is 23.0 Å². The van der Waals surface area contributed by atoms with Crippen molar-refractivity contribution < 1.29 is 19.1 Å². The van der Waals surface area contributed by atoms with Crippen molar-refractivity contribution in [3.63, 3.8) is 0 Å². The summed E-state index contributed by atoms with van der Waals surface area (Å²) >= 11 is 0. The smallest absolute Gasteiger partial charge is 0.305 e.